The third kappa shape index (κ3) is 3.79. The van der Waals surface area contributed by atoms with Crippen LogP contribution in [0.1, 0.15) is 29.9 Å². The maximum atomic E-state index is 11.7. The lowest BCUT2D eigenvalue weighted by Crippen LogP contribution is -2.30. The molecule has 0 aliphatic carbocycles. The van der Waals surface area contributed by atoms with Crippen molar-refractivity contribution >= 4 is 17.5 Å². The van der Waals surface area contributed by atoms with E-state index in [9.17, 15) is 4.79 Å². The lowest BCUT2D eigenvalue weighted by molar-refractivity contribution is 0.0938. The van der Waals surface area contributed by atoms with Crippen molar-refractivity contribution in [3.8, 4) is 0 Å². The topological polar surface area (TPSA) is 59.8 Å². The standard InChI is InChI=1S/C13H15ClN4O/c1-9(2)15-13(19)12-8-18(17-16-12)7-10-3-5-11(14)6-4-10/h3-6,8-9H,7H2,1-2H3,(H,15,19). The van der Waals surface area contributed by atoms with Gasteiger partial charge in [-0.05, 0) is 31.5 Å². The highest BCUT2D eigenvalue weighted by molar-refractivity contribution is 6.30. The van der Waals surface area contributed by atoms with Crippen LogP contribution in [0.3, 0.4) is 0 Å². The van der Waals surface area contributed by atoms with Crippen LogP contribution in [0, 0.1) is 0 Å². The van der Waals surface area contributed by atoms with Crippen molar-refractivity contribution in [1.82, 2.24) is 20.3 Å². The molecule has 0 bridgehead atoms. The Labute approximate surface area is 116 Å². The Hall–Kier alpha value is -1.88. The fourth-order valence-electron chi connectivity index (χ4n) is 1.59. The summed E-state index contributed by atoms with van der Waals surface area (Å²) in [5.74, 6) is -0.211. The summed E-state index contributed by atoms with van der Waals surface area (Å²) in [6.07, 6.45) is 1.63. The monoisotopic (exact) mass is 278 g/mol. The van der Waals surface area contributed by atoms with Crippen LogP contribution in [0.4, 0.5) is 0 Å². The van der Waals surface area contributed by atoms with E-state index in [0.717, 1.165) is 5.56 Å². The fraction of sp³-hybridized carbons (Fsp3) is 0.308. The zero-order chi connectivity index (χ0) is 13.8. The summed E-state index contributed by atoms with van der Waals surface area (Å²) < 4.78 is 1.62. The van der Waals surface area contributed by atoms with Crippen molar-refractivity contribution in [2.75, 3.05) is 0 Å². The molecule has 0 atom stereocenters. The maximum Gasteiger partial charge on any atom is 0.273 e. The zero-order valence-electron chi connectivity index (χ0n) is 10.8. The Morgan fingerprint density at radius 3 is 2.68 bits per heavy atom. The van der Waals surface area contributed by atoms with Crippen molar-refractivity contribution in [3.05, 3.63) is 46.7 Å². The number of carbonyl (C=O) groups excluding carboxylic acids is 1. The number of hydrogen-bond acceptors (Lipinski definition) is 3. The number of rotatable bonds is 4. The molecule has 0 aliphatic rings. The van der Waals surface area contributed by atoms with Gasteiger partial charge in [-0.2, -0.15) is 0 Å². The molecule has 0 radical (unpaired) electrons. The first-order chi connectivity index (χ1) is 9.04. The quantitative estimate of drug-likeness (QED) is 0.932. The Morgan fingerprint density at radius 2 is 2.05 bits per heavy atom. The second-order valence-electron chi connectivity index (χ2n) is 4.56. The van der Waals surface area contributed by atoms with Crippen LogP contribution < -0.4 is 5.32 Å². The summed E-state index contributed by atoms with van der Waals surface area (Å²) in [5, 5.41) is 11.3. The third-order valence-electron chi connectivity index (χ3n) is 2.45. The largest absolute Gasteiger partial charge is 0.348 e. The molecule has 5 nitrogen and oxygen atoms in total. The molecule has 0 saturated heterocycles. The molecule has 2 aromatic rings. The van der Waals surface area contributed by atoms with E-state index in [1.54, 1.807) is 10.9 Å². The Bertz CT molecular complexity index is 562. The van der Waals surface area contributed by atoms with Crippen molar-refractivity contribution in [3.63, 3.8) is 0 Å². The van der Waals surface area contributed by atoms with Gasteiger partial charge in [-0.25, -0.2) is 4.68 Å². The minimum absolute atomic E-state index is 0.0777. The predicted molar refractivity (Wildman–Crippen MR) is 73.2 cm³/mol. The molecule has 1 N–H and O–H groups in total. The van der Waals surface area contributed by atoms with E-state index in [1.165, 1.54) is 0 Å². The van der Waals surface area contributed by atoms with E-state index >= 15 is 0 Å². The number of amides is 1. The molecule has 2 rings (SSSR count). The smallest absolute Gasteiger partial charge is 0.273 e. The Balaban J connectivity index is 2.05. The van der Waals surface area contributed by atoms with Crippen LogP contribution >= 0.6 is 11.6 Å². The first kappa shape index (κ1) is 13.5. The molecule has 1 heterocycles. The number of hydrogen-bond donors (Lipinski definition) is 1. The van der Waals surface area contributed by atoms with Crippen molar-refractivity contribution in [1.29, 1.82) is 0 Å². The molecule has 1 aromatic carbocycles. The zero-order valence-corrected chi connectivity index (χ0v) is 11.6. The third-order valence-corrected chi connectivity index (χ3v) is 2.70. The lowest BCUT2D eigenvalue weighted by Gasteiger charge is -2.04. The van der Waals surface area contributed by atoms with Gasteiger partial charge in [0.1, 0.15) is 0 Å². The molecule has 6 heteroatoms. The molecule has 1 aromatic heterocycles. The minimum atomic E-state index is -0.211. The molecule has 0 saturated carbocycles. The van der Waals surface area contributed by atoms with E-state index in [-0.39, 0.29) is 11.9 Å². The summed E-state index contributed by atoms with van der Waals surface area (Å²) in [5.41, 5.74) is 1.37. The van der Waals surface area contributed by atoms with Crippen LogP contribution in [0.5, 0.6) is 0 Å². The highest BCUT2D eigenvalue weighted by atomic mass is 35.5. The molecule has 0 aliphatic heterocycles. The fourth-order valence-corrected chi connectivity index (χ4v) is 1.72. The van der Waals surface area contributed by atoms with Gasteiger partial charge in [-0.3, -0.25) is 4.79 Å². The molecule has 19 heavy (non-hydrogen) atoms. The summed E-state index contributed by atoms with van der Waals surface area (Å²) in [6, 6.07) is 7.55. The summed E-state index contributed by atoms with van der Waals surface area (Å²) in [4.78, 5) is 11.7. The van der Waals surface area contributed by atoms with Crippen molar-refractivity contribution < 1.29 is 4.79 Å². The average molecular weight is 279 g/mol. The summed E-state index contributed by atoms with van der Waals surface area (Å²) in [6.45, 7) is 4.35. The molecule has 100 valence electrons. The second kappa shape index (κ2) is 5.84. The number of nitrogens with one attached hydrogen (secondary N) is 1. The van der Waals surface area contributed by atoms with Gasteiger partial charge in [0.15, 0.2) is 5.69 Å². The highest BCUT2D eigenvalue weighted by Crippen LogP contribution is 2.10. The van der Waals surface area contributed by atoms with Gasteiger partial charge < -0.3 is 5.32 Å². The van der Waals surface area contributed by atoms with Gasteiger partial charge in [-0.15, -0.1) is 5.10 Å². The van der Waals surface area contributed by atoms with Gasteiger partial charge in [0.25, 0.3) is 5.91 Å². The predicted octanol–water partition coefficient (Wildman–Crippen LogP) is 2.12. The number of benzene rings is 1. The van der Waals surface area contributed by atoms with Gasteiger partial charge in [-0.1, -0.05) is 28.9 Å². The number of nitrogens with zero attached hydrogens (tertiary/aromatic N) is 3. The normalized spacial score (nSPS) is 10.7. The first-order valence-corrected chi connectivity index (χ1v) is 6.38. The molecule has 0 fully saturated rings. The van der Waals surface area contributed by atoms with Gasteiger partial charge in [0, 0.05) is 11.1 Å². The lowest BCUT2D eigenvalue weighted by atomic mass is 10.2. The van der Waals surface area contributed by atoms with E-state index in [1.807, 2.05) is 38.1 Å². The molecule has 1 amide bonds. The van der Waals surface area contributed by atoms with Gasteiger partial charge in [0.05, 0.1) is 12.7 Å². The average Bonchev–Trinajstić information content (AvgIpc) is 2.80. The van der Waals surface area contributed by atoms with E-state index < -0.39 is 0 Å². The van der Waals surface area contributed by atoms with E-state index in [4.69, 9.17) is 11.6 Å². The minimum Gasteiger partial charge on any atom is -0.348 e. The van der Waals surface area contributed by atoms with E-state index in [2.05, 4.69) is 15.6 Å². The summed E-state index contributed by atoms with van der Waals surface area (Å²) in [7, 11) is 0. The second-order valence-corrected chi connectivity index (χ2v) is 4.99. The van der Waals surface area contributed by atoms with Gasteiger partial charge in [0.2, 0.25) is 0 Å². The number of aromatic nitrogens is 3. The molecule has 0 unspecified atom stereocenters. The SMILES string of the molecule is CC(C)NC(=O)c1cn(Cc2ccc(Cl)cc2)nn1. The van der Waals surface area contributed by atoms with Crippen molar-refractivity contribution in [2.45, 2.75) is 26.4 Å². The molecular weight excluding hydrogens is 264 g/mol. The van der Waals surface area contributed by atoms with Crippen LogP contribution in [-0.4, -0.2) is 26.9 Å². The van der Waals surface area contributed by atoms with Crippen LogP contribution in [0.2, 0.25) is 5.02 Å². The van der Waals surface area contributed by atoms with Crippen LogP contribution in [0.25, 0.3) is 0 Å². The first-order valence-electron chi connectivity index (χ1n) is 6.00. The Kier molecular flexibility index (Phi) is 4.16. The van der Waals surface area contributed by atoms with E-state index in [0.29, 0.717) is 17.3 Å². The molecular formula is C13H15ClN4O. The number of halogens is 1. The maximum absolute atomic E-state index is 11.7. The van der Waals surface area contributed by atoms with Gasteiger partial charge >= 0.3 is 0 Å². The van der Waals surface area contributed by atoms with Crippen LogP contribution in [0.15, 0.2) is 30.5 Å². The van der Waals surface area contributed by atoms with Crippen molar-refractivity contribution in [2.24, 2.45) is 0 Å². The molecule has 0 spiro atoms. The van der Waals surface area contributed by atoms with Crippen LogP contribution in [-0.2, 0) is 6.54 Å². The summed E-state index contributed by atoms with van der Waals surface area (Å²) >= 11 is 5.82. The Morgan fingerprint density at radius 1 is 1.37 bits per heavy atom. The highest BCUT2D eigenvalue weighted by Gasteiger charge is 2.11. The number of carbonyl (C=O) groups is 1.